The Labute approximate surface area is 159 Å². The molecule has 1 N–H and O–H groups in total. The lowest BCUT2D eigenvalue weighted by molar-refractivity contribution is -0.116. The maximum Gasteiger partial charge on any atom is 0.244 e. The summed E-state index contributed by atoms with van der Waals surface area (Å²) in [6.07, 6.45) is 3.12. The van der Waals surface area contributed by atoms with Gasteiger partial charge >= 0.3 is 0 Å². The number of ether oxygens (including phenoxy) is 2. The zero-order valence-electron chi connectivity index (χ0n) is 15.5. The van der Waals surface area contributed by atoms with Crippen LogP contribution in [0.4, 0.5) is 0 Å². The summed E-state index contributed by atoms with van der Waals surface area (Å²) in [6.45, 7) is 1.75. The van der Waals surface area contributed by atoms with Gasteiger partial charge in [0.1, 0.15) is 0 Å². The first-order valence-corrected chi connectivity index (χ1v) is 8.31. The monoisotopic (exact) mass is 363 g/mol. The first-order chi connectivity index (χ1) is 13.0. The summed E-state index contributed by atoms with van der Waals surface area (Å²) in [5, 5.41) is 2.69. The molecule has 2 aromatic carbocycles. The number of amides is 1. The molecule has 0 fully saturated rings. The maximum atomic E-state index is 11.9. The highest BCUT2D eigenvalue weighted by Gasteiger charge is 2.03. The molecule has 0 aromatic heterocycles. The summed E-state index contributed by atoms with van der Waals surface area (Å²) in [4.78, 5) is 23.1. The topological polar surface area (TPSA) is 64.6 Å². The molecule has 0 heterocycles. The molecule has 0 spiro atoms. The molecule has 0 saturated heterocycles. The highest BCUT2D eigenvalue weighted by atomic mass is 16.5. The van der Waals surface area contributed by atoms with E-state index in [2.05, 4.69) is 17.2 Å². The van der Waals surface area contributed by atoms with E-state index in [4.69, 9.17) is 9.47 Å². The molecule has 138 valence electrons. The van der Waals surface area contributed by atoms with Crippen LogP contribution in [-0.4, -0.2) is 32.5 Å². The molecular formula is C22H21NO4. The third-order valence-electron chi connectivity index (χ3n) is 3.71. The largest absolute Gasteiger partial charge is 0.493 e. The van der Waals surface area contributed by atoms with Crippen molar-refractivity contribution in [2.75, 3.05) is 20.8 Å². The van der Waals surface area contributed by atoms with Crippen LogP contribution in [-0.2, 0) is 4.79 Å². The van der Waals surface area contributed by atoms with Crippen molar-refractivity contribution in [2.45, 2.75) is 6.92 Å². The van der Waals surface area contributed by atoms with Gasteiger partial charge in [-0.25, -0.2) is 0 Å². The number of ketones is 1. The highest BCUT2D eigenvalue weighted by Crippen LogP contribution is 2.27. The van der Waals surface area contributed by atoms with Gasteiger partial charge in [-0.15, -0.1) is 0 Å². The van der Waals surface area contributed by atoms with Gasteiger partial charge in [-0.1, -0.05) is 30.0 Å². The van der Waals surface area contributed by atoms with Crippen LogP contribution in [0.15, 0.2) is 48.5 Å². The smallest absolute Gasteiger partial charge is 0.244 e. The number of benzene rings is 2. The quantitative estimate of drug-likeness (QED) is 0.487. The van der Waals surface area contributed by atoms with Crippen molar-refractivity contribution in [3.63, 3.8) is 0 Å². The highest BCUT2D eigenvalue weighted by molar-refractivity contribution is 5.94. The first kappa shape index (κ1) is 19.8. The lowest BCUT2D eigenvalue weighted by atomic mass is 10.1. The Kier molecular flexibility index (Phi) is 7.21. The fourth-order valence-corrected chi connectivity index (χ4v) is 2.25. The fourth-order valence-electron chi connectivity index (χ4n) is 2.25. The summed E-state index contributed by atoms with van der Waals surface area (Å²) in [7, 11) is 3.13. The molecule has 2 aromatic rings. The lowest BCUT2D eigenvalue weighted by Crippen LogP contribution is -2.20. The van der Waals surface area contributed by atoms with Crippen molar-refractivity contribution in [1.82, 2.24) is 5.32 Å². The van der Waals surface area contributed by atoms with E-state index in [1.807, 2.05) is 6.07 Å². The fraction of sp³-hybridized carbons (Fsp3) is 0.182. The number of methoxy groups -OCH3 is 2. The number of nitrogens with one attached hydrogen (secondary N) is 1. The molecule has 0 aliphatic heterocycles. The van der Waals surface area contributed by atoms with Crippen LogP contribution in [0.2, 0.25) is 0 Å². The third-order valence-corrected chi connectivity index (χ3v) is 3.71. The normalized spacial score (nSPS) is 10.0. The van der Waals surface area contributed by atoms with Crippen molar-refractivity contribution in [3.8, 4) is 23.3 Å². The lowest BCUT2D eigenvalue weighted by Gasteiger charge is -2.07. The van der Waals surface area contributed by atoms with Crippen LogP contribution in [0, 0.1) is 11.8 Å². The van der Waals surface area contributed by atoms with E-state index in [0.29, 0.717) is 17.1 Å². The van der Waals surface area contributed by atoms with Crippen molar-refractivity contribution in [1.29, 1.82) is 0 Å². The minimum Gasteiger partial charge on any atom is -0.493 e. The first-order valence-electron chi connectivity index (χ1n) is 8.31. The van der Waals surface area contributed by atoms with E-state index in [0.717, 1.165) is 11.1 Å². The van der Waals surface area contributed by atoms with Gasteiger partial charge in [-0.2, -0.15) is 0 Å². The Morgan fingerprint density at radius 1 is 1.04 bits per heavy atom. The van der Waals surface area contributed by atoms with Crippen LogP contribution in [0.3, 0.4) is 0 Å². The Bertz CT molecular complexity index is 902. The summed E-state index contributed by atoms with van der Waals surface area (Å²) < 4.78 is 10.4. The van der Waals surface area contributed by atoms with Crippen LogP contribution in [0.5, 0.6) is 11.5 Å². The van der Waals surface area contributed by atoms with Gasteiger partial charge in [0, 0.05) is 17.2 Å². The molecule has 0 bridgehead atoms. The van der Waals surface area contributed by atoms with Crippen LogP contribution < -0.4 is 14.8 Å². The predicted octanol–water partition coefficient (Wildman–Crippen LogP) is 3.09. The number of carbonyl (C=O) groups excluding carboxylic acids is 2. The van der Waals surface area contributed by atoms with Crippen LogP contribution in [0.25, 0.3) is 6.08 Å². The number of hydrogen-bond donors (Lipinski definition) is 1. The Morgan fingerprint density at radius 2 is 1.74 bits per heavy atom. The summed E-state index contributed by atoms with van der Waals surface area (Å²) in [6, 6.07) is 12.4. The molecular weight excluding hydrogens is 342 g/mol. The molecule has 1 amide bonds. The molecule has 0 radical (unpaired) electrons. The van der Waals surface area contributed by atoms with E-state index in [1.165, 1.54) is 13.0 Å². The maximum absolute atomic E-state index is 11.9. The van der Waals surface area contributed by atoms with Gasteiger partial charge in [0.05, 0.1) is 20.8 Å². The molecule has 27 heavy (non-hydrogen) atoms. The minimum absolute atomic E-state index is 0.0167. The summed E-state index contributed by atoms with van der Waals surface area (Å²) >= 11 is 0. The average molecular weight is 363 g/mol. The average Bonchev–Trinajstić information content (AvgIpc) is 2.69. The van der Waals surface area contributed by atoms with E-state index in [1.54, 1.807) is 56.7 Å². The summed E-state index contributed by atoms with van der Waals surface area (Å²) in [5.74, 6) is 6.81. The zero-order chi connectivity index (χ0) is 19.6. The van der Waals surface area contributed by atoms with Gasteiger partial charge < -0.3 is 14.8 Å². The number of rotatable bonds is 6. The number of Topliss-reactive ketones (excluding diaryl/α,β-unsaturated/α-hetero) is 1. The summed E-state index contributed by atoms with van der Waals surface area (Å²) in [5.41, 5.74) is 2.25. The van der Waals surface area contributed by atoms with Crippen LogP contribution in [0.1, 0.15) is 28.4 Å². The van der Waals surface area contributed by atoms with Gasteiger partial charge in [0.25, 0.3) is 0 Å². The molecule has 2 rings (SSSR count). The van der Waals surface area contributed by atoms with E-state index in [9.17, 15) is 9.59 Å². The molecule has 0 unspecified atom stereocenters. The molecule has 0 aliphatic carbocycles. The van der Waals surface area contributed by atoms with Gasteiger partial charge in [0.15, 0.2) is 17.3 Å². The van der Waals surface area contributed by atoms with Gasteiger partial charge in [-0.3, -0.25) is 9.59 Å². The number of carbonyl (C=O) groups is 2. The van der Waals surface area contributed by atoms with E-state index >= 15 is 0 Å². The predicted molar refractivity (Wildman–Crippen MR) is 105 cm³/mol. The molecule has 5 heteroatoms. The van der Waals surface area contributed by atoms with Crippen molar-refractivity contribution < 1.29 is 19.1 Å². The molecule has 0 aliphatic rings. The second-order valence-corrected chi connectivity index (χ2v) is 5.60. The van der Waals surface area contributed by atoms with E-state index < -0.39 is 0 Å². The minimum atomic E-state index is -0.244. The second kappa shape index (κ2) is 9.83. The van der Waals surface area contributed by atoms with Gasteiger partial charge in [0.2, 0.25) is 5.91 Å². The molecule has 0 saturated carbocycles. The second-order valence-electron chi connectivity index (χ2n) is 5.60. The van der Waals surface area contributed by atoms with Crippen LogP contribution >= 0.6 is 0 Å². The van der Waals surface area contributed by atoms with Gasteiger partial charge in [-0.05, 0) is 42.8 Å². The van der Waals surface area contributed by atoms with Crippen molar-refractivity contribution >= 4 is 17.8 Å². The Hall–Kier alpha value is -3.52. The standard InChI is InChI=1S/C22H21NO4/c1-16(24)19-10-6-17(7-11-19)5-4-14-23-22(25)13-9-18-8-12-20(26-2)21(15-18)27-3/h6-13,15H,14H2,1-3H3,(H,23,25)/b13-9+. The molecule has 0 atom stereocenters. The molecule has 5 nitrogen and oxygen atoms in total. The number of hydrogen-bond acceptors (Lipinski definition) is 4. The van der Waals surface area contributed by atoms with Crippen molar-refractivity contribution in [3.05, 3.63) is 65.2 Å². The van der Waals surface area contributed by atoms with E-state index in [-0.39, 0.29) is 18.2 Å². The third kappa shape index (κ3) is 6.05. The SMILES string of the molecule is COc1ccc(/C=C/C(=O)NCC#Cc2ccc(C(C)=O)cc2)cc1OC. The zero-order valence-corrected chi connectivity index (χ0v) is 15.5. The Morgan fingerprint density at radius 3 is 2.37 bits per heavy atom. The Balaban J connectivity index is 1.88. The van der Waals surface area contributed by atoms with Crippen molar-refractivity contribution in [2.24, 2.45) is 0 Å².